The Morgan fingerprint density at radius 3 is 2.21 bits per heavy atom. The first kappa shape index (κ1) is 25.6. The number of benzene rings is 2. The third-order valence-electron chi connectivity index (χ3n) is 5.49. The fourth-order valence-corrected chi connectivity index (χ4v) is 5.33. The summed E-state index contributed by atoms with van der Waals surface area (Å²) >= 11 is 1.52. The standard InChI is InChI=1S/C26H31NO6S/c1-26(2,3)33-22(28)15-20-21(34-19-13-11-18(31-4)12-14-19)16-27(23(20)25(30)32-5)24(29)17-9-7-6-8-10-17/h6-14,20-21,23H,15-16H2,1-5H3/t20-,21+,23-/m0/s1. The number of rotatable bonds is 7. The number of nitrogens with zero attached hydrogens (tertiary/aromatic N) is 1. The van der Waals surface area contributed by atoms with Crippen LogP contribution in [0.4, 0.5) is 0 Å². The number of hydrogen-bond donors (Lipinski definition) is 0. The van der Waals surface area contributed by atoms with Crippen molar-refractivity contribution < 1.29 is 28.6 Å². The molecule has 1 heterocycles. The van der Waals surface area contributed by atoms with Crippen LogP contribution >= 0.6 is 11.8 Å². The zero-order chi connectivity index (χ0) is 24.9. The molecule has 2 aromatic carbocycles. The van der Waals surface area contributed by atoms with E-state index in [0.29, 0.717) is 5.56 Å². The first-order valence-corrected chi connectivity index (χ1v) is 12.0. The second-order valence-corrected chi connectivity index (χ2v) is 10.4. The minimum atomic E-state index is -0.902. The van der Waals surface area contributed by atoms with Crippen molar-refractivity contribution in [2.75, 3.05) is 20.8 Å². The zero-order valence-corrected chi connectivity index (χ0v) is 21.0. The second kappa shape index (κ2) is 11.0. The number of carbonyl (C=O) groups excluding carboxylic acids is 3. The molecule has 7 nitrogen and oxygen atoms in total. The molecule has 2 aromatic rings. The minimum absolute atomic E-state index is 0.0105. The maximum absolute atomic E-state index is 13.4. The van der Waals surface area contributed by atoms with Gasteiger partial charge >= 0.3 is 11.9 Å². The third kappa shape index (κ3) is 6.32. The van der Waals surface area contributed by atoms with E-state index in [9.17, 15) is 14.4 Å². The molecule has 8 heteroatoms. The molecular weight excluding hydrogens is 454 g/mol. The first-order chi connectivity index (χ1) is 16.1. The van der Waals surface area contributed by atoms with Gasteiger partial charge in [-0.05, 0) is 57.2 Å². The van der Waals surface area contributed by atoms with Crippen molar-refractivity contribution in [3.63, 3.8) is 0 Å². The molecule has 3 rings (SSSR count). The molecule has 0 saturated carbocycles. The average molecular weight is 486 g/mol. The molecule has 0 spiro atoms. The van der Waals surface area contributed by atoms with Crippen molar-refractivity contribution >= 4 is 29.6 Å². The molecule has 1 saturated heterocycles. The Bertz CT molecular complexity index is 1000. The Morgan fingerprint density at radius 2 is 1.65 bits per heavy atom. The van der Waals surface area contributed by atoms with Crippen LogP contribution in [0.15, 0.2) is 59.5 Å². The number of hydrogen-bond acceptors (Lipinski definition) is 7. The van der Waals surface area contributed by atoms with Gasteiger partial charge in [0.1, 0.15) is 17.4 Å². The van der Waals surface area contributed by atoms with E-state index >= 15 is 0 Å². The topological polar surface area (TPSA) is 82.1 Å². The Labute approximate surface area is 204 Å². The number of amides is 1. The molecule has 0 bridgehead atoms. The lowest BCUT2D eigenvalue weighted by Gasteiger charge is -2.27. The maximum atomic E-state index is 13.4. The van der Waals surface area contributed by atoms with Crippen molar-refractivity contribution in [1.82, 2.24) is 4.90 Å². The number of carbonyl (C=O) groups is 3. The monoisotopic (exact) mass is 485 g/mol. The summed E-state index contributed by atoms with van der Waals surface area (Å²) in [5.74, 6) is -0.990. The molecule has 182 valence electrons. The summed E-state index contributed by atoms with van der Waals surface area (Å²) in [5.41, 5.74) is -0.184. The summed E-state index contributed by atoms with van der Waals surface area (Å²) in [6.45, 7) is 5.68. The highest BCUT2D eigenvalue weighted by molar-refractivity contribution is 8.00. The second-order valence-electron chi connectivity index (χ2n) is 9.08. The average Bonchev–Trinajstić information content (AvgIpc) is 3.15. The van der Waals surface area contributed by atoms with E-state index in [2.05, 4.69) is 0 Å². The number of methoxy groups -OCH3 is 2. The summed E-state index contributed by atoms with van der Waals surface area (Å²) in [4.78, 5) is 41.6. The predicted octanol–water partition coefficient (Wildman–Crippen LogP) is 4.20. The smallest absolute Gasteiger partial charge is 0.328 e. The van der Waals surface area contributed by atoms with Crippen molar-refractivity contribution in [2.45, 2.75) is 49.0 Å². The Balaban J connectivity index is 1.94. The van der Waals surface area contributed by atoms with Gasteiger partial charge in [-0.15, -0.1) is 11.8 Å². The van der Waals surface area contributed by atoms with Gasteiger partial charge in [0.15, 0.2) is 0 Å². The fraction of sp³-hybridized carbons (Fsp3) is 0.423. The van der Waals surface area contributed by atoms with Crippen LogP contribution in [0.1, 0.15) is 37.6 Å². The van der Waals surface area contributed by atoms with Crippen LogP contribution in [-0.2, 0) is 19.1 Å². The van der Waals surface area contributed by atoms with Gasteiger partial charge in [0.25, 0.3) is 5.91 Å². The van der Waals surface area contributed by atoms with E-state index in [1.807, 2.05) is 30.3 Å². The van der Waals surface area contributed by atoms with Crippen molar-refractivity contribution in [2.24, 2.45) is 5.92 Å². The zero-order valence-electron chi connectivity index (χ0n) is 20.1. The predicted molar refractivity (Wildman–Crippen MR) is 130 cm³/mol. The molecule has 3 atom stereocenters. The van der Waals surface area contributed by atoms with E-state index < -0.39 is 29.5 Å². The van der Waals surface area contributed by atoms with E-state index in [0.717, 1.165) is 10.6 Å². The van der Waals surface area contributed by atoms with E-state index in [4.69, 9.17) is 14.2 Å². The van der Waals surface area contributed by atoms with Gasteiger partial charge in [-0.25, -0.2) is 4.79 Å². The van der Waals surface area contributed by atoms with E-state index in [1.54, 1.807) is 52.1 Å². The lowest BCUT2D eigenvalue weighted by molar-refractivity contribution is -0.157. The summed E-state index contributed by atoms with van der Waals surface area (Å²) < 4.78 is 15.9. The summed E-state index contributed by atoms with van der Waals surface area (Å²) in [6.07, 6.45) is -0.0105. The molecular formula is C26H31NO6S. The quantitative estimate of drug-likeness (QED) is 0.544. The summed E-state index contributed by atoms with van der Waals surface area (Å²) in [6, 6.07) is 15.4. The number of thioether (sulfide) groups is 1. The maximum Gasteiger partial charge on any atom is 0.328 e. The van der Waals surface area contributed by atoms with E-state index in [1.165, 1.54) is 23.8 Å². The van der Waals surface area contributed by atoms with Gasteiger partial charge in [0.05, 0.1) is 20.6 Å². The SMILES string of the molecule is COC(=O)[C@@H]1[C@@H](CC(=O)OC(C)(C)C)[C@H](Sc2ccc(OC)cc2)CN1C(=O)c1ccccc1. The van der Waals surface area contributed by atoms with Crippen LogP contribution in [0, 0.1) is 5.92 Å². The summed E-state index contributed by atoms with van der Waals surface area (Å²) in [5, 5.41) is -0.224. The van der Waals surface area contributed by atoms with Crippen LogP contribution < -0.4 is 4.74 Å². The van der Waals surface area contributed by atoms with Gasteiger partial charge in [-0.3, -0.25) is 9.59 Å². The molecule has 1 aliphatic heterocycles. The van der Waals surface area contributed by atoms with Crippen LogP contribution in [0.2, 0.25) is 0 Å². The molecule has 1 fully saturated rings. The third-order valence-corrected chi connectivity index (χ3v) is 6.83. The lowest BCUT2D eigenvalue weighted by atomic mass is 9.95. The molecule has 0 radical (unpaired) electrons. The summed E-state index contributed by atoms with van der Waals surface area (Å²) in [7, 11) is 2.89. The van der Waals surface area contributed by atoms with Crippen molar-refractivity contribution in [3.8, 4) is 5.75 Å². The van der Waals surface area contributed by atoms with Crippen LogP contribution in [0.3, 0.4) is 0 Å². The molecule has 1 aliphatic rings. The van der Waals surface area contributed by atoms with Gasteiger partial charge in [-0.1, -0.05) is 18.2 Å². The van der Waals surface area contributed by atoms with Gasteiger partial charge in [0, 0.05) is 28.2 Å². The Hall–Kier alpha value is -3.00. The van der Waals surface area contributed by atoms with Crippen molar-refractivity contribution in [1.29, 1.82) is 0 Å². The fourth-order valence-electron chi connectivity index (χ4n) is 4.03. The van der Waals surface area contributed by atoms with Gasteiger partial charge in [0.2, 0.25) is 0 Å². The number of ether oxygens (including phenoxy) is 3. The van der Waals surface area contributed by atoms with Gasteiger partial charge < -0.3 is 19.1 Å². The number of likely N-dealkylation sites (tertiary alicyclic amines) is 1. The van der Waals surface area contributed by atoms with Gasteiger partial charge in [-0.2, -0.15) is 0 Å². The minimum Gasteiger partial charge on any atom is -0.497 e. The molecule has 0 unspecified atom stereocenters. The van der Waals surface area contributed by atoms with Crippen LogP contribution in [0.5, 0.6) is 5.75 Å². The highest BCUT2D eigenvalue weighted by atomic mass is 32.2. The Morgan fingerprint density at radius 1 is 1.00 bits per heavy atom. The van der Waals surface area contributed by atoms with Crippen LogP contribution in [0.25, 0.3) is 0 Å². The highest BCUT2D eigenvalue weighted by Crippen LogP contribution is 2.41. The van der Waals surface area contributed by atoms with Crippen LogP contribution in [-0.4, -0.2) is 60.4 Å². The molecule has 0 aromatic heterocycles. The first-order valence-electron chi connectivity index (χ1n) is 11.1. The van der Waals surface area contributed by atoms with E-state index in [-0.39, 0.29) is 24.1 Å². The largest absolute Gasteiger partial charge is 0.497 e. The molecule has 1 amide bonds. The molecule has 0 N–H and O–H groups in total. The highest BCUT2D eigenvalue weighted by Gasteiger charge is 2.50. The normalized spacial score (nSPS) is 20.0. The number of esters is 2. The van der Waals surface area contributed by atoms with Crippen molar-refractivity contribution in [3.05, 3.63) is 60.2 Å². The lowest BCUT2D eigenvalue weighted by Crippen LogP contribution is -2.44. The Kier molecular flexibility index (Phi) is 8.25. The molecule has 0 aliphatic carbocycles. The molecule has 34 heavy (non-hydrogen) atoms.